The van der Waals surface area contributed by atoms with E-state index >= 15 is 0 Å². The van der Waals surface area contributed by atoms with Crippen LogP contribution < -0.4 is 26.2 Å². The Bertz CT molecular complexity index is 2510. The first-order chi connectivity index (χ1) is 26.1. The van der Waals surface area contributed by atoms with E-state index in [9.17, 15) is 0 Å². The van der Waals surface area contributed by atoms with Crippen molar-refractivity contribution < 1.29 is 0 Å². The van der Waals surface area contributed by atoms with Gasteiger partial charge in [-0.25, -0.2) is 0 Å². The van der Waals surface area contributed by atoms with Gasteiger partial charge in [-0.05, 0) is 120 Å². The van der Waals surface area contributed by atoms with Gasteiger partial charge in [-0.3, -0.25) is 0 Å². The summed E-state index contributed by atoms with van der Waals surface area (Å²) in [6, 6.07) is 58.2. The van der Waals surface area contributed by atoms with E-state index in [1.165, 1.54) is 95.0 Å². The quantitative estimate of drug-likeness (QED) is 0.166. The summed E-state index contributed by atoms with van der Waals surface area (Å²) in [4.78, 5) is 5.11. The third-order valence-corrected chi connectivity index (χ3v) is 12.8. The van der Waals surface area contributed by atoms with Crippen LogP contribution in [0.5, 0.6) is 0 Å². The molecule has 3 heteroatoms. The summed E-state index contributed by atoms with van der Waals surface area (Å²) < 4.78 is 0. The molecule has 4 aliphatic rings. The van der Waals surface area contributed by atoms with Crippen LogP contribution in [0.1, 0.15) is 74.9 Å². The van der Waals surface area contributed by atoms with Crippen LogP contribution in [0.15, 0.2) is 152 Å². The molecule has 0 unspecified atom stereocenters. The first kappa shape index (κ1) is 31.7. The van der Waals surface area contributed by atoms with Gasteiger partial charge in [-0.15, -0.1) is 0 Å². The smallest absolute Gasteiger partial charge is 0.253 e. The fourth-order valence-corrected chi connectivity index (χ4v) is 10.4. The number of hydrogen-bond acceptors (Lipinski definition) is 2. The molecule has 3 aliphatic heterocycles. The second-order valence-corrected chi connectivity index (χ2v) is 17.7. The number of nitrogens with zero attached hydrogens (tertiary/aromatic N) is 2. The molecular formula is C51H43BN2. The molecule has 1 aliphatic carbocycles. The van der Waals surface area contributed by atoms with Crippen LogP contribution in [0.2, 0.25) is 0 Å². The zero-order valence-electron chi connectivity index (χ0n) is 31.9. The Kier molecular flexibility index (Phi) is 6.26. The van der Waals surface area contributed by atoms with Gasteiger partial charge in [0, 0.05) is 34.1 Å². The second-order valence-electron chi connectivity index (χ2n) is 17.7. The topological polar surface area (TPSA) is 6.48 Å². The first-order valence-electron chi connectivity index (χ1n) is 19.5. The lowest BCUT2D eigenvalue weighted by Gasteiger charge is -2.51. The monoisotopic (exact) mass is 694 g/mol. The zero-order valence-corrected chi connectivity index (χ0v) is 31.9. The molecule has 0 saturated carbocycles. The van der Waals surface area contributed by atoms with Crippen molar-refractivity contribution >= 4 is 57.2 Å². The van der Waals surface area contributed by atoms with Gasteiger partial charge in [0.25, 0.3) is 6.71 Å². The fourth-order valence-electron chi connectivity index (χ4n) is 10.4. The highest BCUT2D eigenvalue weighted by Gasteiger charge is 2.57. The number of rotatable bonds is 2. The van der Waals surface area contributed by atoms with Crippen molar-refractivity contribution in [2.24, 2.45) is 0 Å². The third kappa shape index (κ3) is 3.97. The minimum Gasteiger partial charge on any atom is -0.311 e. The molecule has 0 fully saturated rings. The predicted molar refractivity (Wildman–Crippen MR) is 229 cm³/mol. The van der Waals surface area contributed by atoms with E-state index in [1.807, 2.05) is 0 Å². The maximum Gasteiger partial charge on any atom is 0.253 e. The van der Waals surface area contributed by atoms with Crippen LogP contribution in [0.25, 0.3) is 11.1 Å². The maximum atomic E-state index is 2.56. The lowest BCUT2D eigenvalue weighted by molar-refractivity contribution is 0.590. The highest BCUT2D eigenvalue weighted by molar-refractivity contribution is 7.01. The summed E-state index contributed by atoms with van der Waals surface area (Å²) in [6.45, 7) is 13.9. The van der Waals surface area contributed by atoms with Crippen molar-refractivity contribution in [1.29, 1.82) is 0 Å². The van der Waals surface area contributed by atoms with E-state index in [-0.39, 0.29) is 17.5 Å². The minimum atomic E-state index is -0.465. The van der Waals surface area contributed by atoms with E-state index in [0.717, 1.165) is 0 Å². The molecule has 0 atom stereocenters. The number of anilines is 6. The molecular weight excluding hydrogens is 651 g/mol. The predicted octanol–water partition coefficient (Wildman–Crippen LogP) is 11.0. The molecule has 54 heavy (non-hydrogen) atoms. The van der Waals surface area contributed by atoms with Gasteiger partial charge in [0.1, 0.15) is 0 Å². The Balaban J connectivity index is 1.28. The van der Waals surface area contributed by atoms with Crippen molar-refractivity contribution in [3.05, 3.63) is 185 Å². The van der Waals surface area contributed by atoms with Gasteiger partial charge < -0.3 is 9.80 Å². The molecule has 3 heterocycles. The van der Waals surface area contributed by atoms with E-state index in [0.29, 0.717) is 0 Å². The Morgan fingerprint density at radius 3 is 1.13 bits per heavy atom. The van der Waals surface area contributed by atoms with Crippen LogP contribution in [0.4, 0.5) is 34.1 Å². The molecule has 7 aromatic rings. The molecule has 260 valence electrons. The van der Waals surface area contributed by atoms with Crippen molar-refractivity contribution in [1.82, 2.24) is 0 Å². The fraction of sp³-hybridized carbons (Fsp3) is 0.176. The molecule has 0 saturated heterocycles. The van der Waals surface area contributed by atoms with Crippen molar-refractivity contribution in [3.8, 4) is 11.1 Å². The summed E-state index contributed by atoms with van der Waals surface area (Å²) in [5, 5.41) is 0. The van der Waals surface area contributed by atoms with Crippen LogP contribution in [0.3, 0.4) is 0 Å². The van der Waals surface area contributed by atoms with Crippen molar-refractivity contribution in [2.45, 2.75) is 57.8 Å². The van der Waals surface area contributed by atoms with Crippen molar-refractivity contribution in [2.75, 3.05) is 9.80 Å². The number of benzene rings is 7. The molecule has 7 aromatic carbocycles. The number of fused-ring (bicyclic) bond motifs is 7. The van der Waals surface area contributed by atoms with E-state index in [4.69, 9.17) is 0 Å². The van der Waals surface area contributed by atoms with Gasteiger partial charge in [-0.2, -0.15) is 0 Å². The van der Waals surface area contributed by atoms with Crippen LogP contribution >= 0.6 is 0 Å². The SMILES string of the molecule is CC(C)(C)c1ccc(N2c3cccc4c3B3c5c2cccc5C2(c5ccccc5-c5ccccc52)c2cccc(c23)N4c2ccc(C(C)(C)C)cc2)cc1. The highest BCUT2D eigenvalue weighted by Crippen LogP contribution is 2.59. The zero-order chi connectivity index (χ0) is 36.7. The average molecular weight is 695 g/mol. The standard InChI is InChI=1S/C51H43BN2/c1-49(2,3)32-24-28-34(29-25-32)53-42-20-11-18-40-46(42)52-47-41(51(40)38-16-9-7-14-36(38)37-15-8-10-17-39(37)51)19-12-21-43(47)54(45-23-13-22-44(53)48(45)52)35-30-26-33(27-31-35)50(4,5)6/h7-31H,1-6H3. The molecule has 0 bridgehead atoms. The normalized spacial score (nSPS) is 15.3. The summed E-state index contributed by atoms with van der Waals surface area (Å²) >= 11 is 0. The molecule has 0 amide bonds. The molecule has 11 rings (SSSR count). The summed E-state index contributed by atoms with van der Waals surface area (Å²) in [5.74, 6) is 0. The van der Waals surface area contributed by atoms with Gasteiger partial charge >= 0.3 is 0 Å². The minimum absolute atomic E-state index is 0.0716. The second kappa shape index (κ2) is 10.7. The van der Waals surface area contributed by atoms with Crippen LogP contribution in [-0.2, 0) is 16.2 Å². The van der Waals surface area contributed by atoms with Crippen LogP contribution in [0, 0.1) is 0 Å². The average Bonchev–Trinajstić information content (AvgIpc) is 3.47. The van der Waals surface area contributed by atoms with Crippen LogP contribution in [-0.4, -0.2) is 6.71 Å². The van der Waals surface area contributed by atoms with Gasteiger partial charge in [-0.1, -0.05) is 145 Å². The molecule has 1 spiro atoms. The van der Waals surface area contributed by atoms with Gasteiger partial charge in [0.2, 0.25) is 0 Å². The third-order valence-electron chi connectivity index (χ3n) is 12.8. The molecule has 2 nitrogen and oxygen atoms in total. The van der Waals surface area contributed by atoms with E-state index < -0.39 is 5.41 Å². The van der Waals surface area contributed by atoms with Crippen molar-refractivity contribution in [3.63, 3.8) is 0 Å². The van der Waals surface area contributed by atoms with Gasteiger partial charge in [0.15, 0.2) is 0 Å². The molecule has 0 aromatic heterocycles. The van der Waals surface area contributed by atoms with E-state index in [1.54, 1.807) is 0 Å². The molecule has 0 radical (unpaired) electrons. The Hall–Kier alpha value is -5.80. The Labute approximate surface area is 319 Å². The first-order valence-corrected chi connectivity index (χ1v) is 19.5. The Morgan fingerprint density at radius 2 is 0.722 bits per heavy atom. The maximum absolute atomic E-state index is 2.56. The number of hydrogen-bond donors (Lipinski definition) is 0. The summed E-state index contributed by atoms with van der Waals surface area (Å²) in [6.07, 6.45) is 0. The van der Waals surface area contributed by atoms with E-state index in [2.05, 4.69) is 203 Å². The summed E-state index contributed by atoms with van der Waals surface area (Å²) in [7, 11) is 0. The van der Waals surface area contributed by atoms with Gasteiger partial charge in [0.05, 0.1) is 5.41 Å². The largest absolute Gasteiger partial charge is 0.311 e. The molecule has 0 N–H and O–H groups in total. The lowest BCUT2D eigenvalue weighted by atomic mass is 9.28. The summed E-state index contributed by atoms with van der Waals surface area (Å²) in [5.41, 5.74) is 22.2. The lowest BCUT2D eigenvalue weighted by Crippen LogP contribution is -2.67. The Morgan fingerprint density at radius 1 is 0.370 bits per heavy atom. The highest BCUT2D eigenvalue weighted by atomic mass is 15.2.